The molecule has 0 saturated carbocycles. The number of allylic oxidation sites excluding steroid dienone is 1. The van der Waals surface area contributed by atoms with Crippen molar-refractivity contribution in [1.82, 2.24) is 0 Å². The van der Waals surface area contributed by atoms with E-state index >= 15 is 0 Å². The number of rotatable bonds is 8. The second-order valence-electron chi connectivity index (χ2n) is 5.70. The molecule has 0 fully saturated rings. The van der Waals surface area contributed by atoms with Crippen molar-refractivity contribution in [3.8, 4) is 5.75 Å². The molecule has 0 unspecified atom stereocenters. The molecular formula is C21H20O5. The van der Waals surface area contributed by atoms with Crippen LogP contribution < -0.4 is 4.74 Å². The molecule has 0 heterocycles. The Labute approximate surface area is 152 Å². The van der Waals surface area contributed by atoms with Crippen LogP contribution in [0.15, 0.2) is 54.1 Å². The lowest BCUT2D eigenvalue weighted by Gasteiger charge is -2.07. The number of carbonyl (C=O) groups is 2. The third-order valence-corrected chi connectivity index (χ3v) is 3.64. The Bertz CT molecular complexity index is 812. The molecule has 0 spiro atoms. The molecule has 0 atom stereocenters. The van der Waals surface area contributed by atoms with Gasteiger partial charge in [-0.15, -0.1) is 0 Å². The maximum atomic E-state index is 12.5. The third-order valence-electron chi connectivity index (χ3n) is 3.64. The highest BCUT2D eigenvalue weighted by Gasteiger charge is 2.10. The predicted molar refractivity (Wildman–Crippen MR) is 97.0 cm³/mol. The van der Waals surface area contributed by atoms with Crippen LogP contribution in [0.5, 0.6) is 5.75 Å². The van der Waals surface area contributed by atoms with Gasteiger partial charge in [0.15, 0.2) is 12.4 Å². The maximum absolute atomic E-state index is 12.5. The normalized spacial score (nSPS) is 9.92. The van der Waals surface area contributed by atoms with Gasteiger partial charge < -0.3 is 9.47 Å². The van der Waals surface area contributed by atoms with Crippen LogP contribution in [0, 0.1) is 0 Å². The summed E-state index contributed by atoms with van der Waals surface area (Å²) in [6.45, 7) is 3.58. The summed E-state index contributed by atoms with van der Waals surface area (Å²) < 4.78 is 10.1. The van der Waals surface area contributed by atoms with Crippen molar-refractivity contribution >= 4 is 17.7 Å². The highest BCUT2D eigenvalue weighted by molar-refractivity contribution is 6.09. The lowest BCUT2D eigenvalue weighted by Crippen LogP contribution is -2.14. The third kappa shape index (κ3) is 5.43. The van der Waals surface area contributed by atoms with E-state index in [4.69, 9.17) is 9.47 Å². The van der Waals surface area contributed by atoms with E-state index in [2.05, 4.69) is 0 Å². The van der Waals surface area contributed by atoms with Crippen molar-refractivity contribution in [2.75, 3.05) is 13.2 Å². The van der Waals surface area contributed by atoms with Gasteiger partial charge >= 0.3 is 5.97 Å². The van der Waals surface area contributed by atoms with E-state index in [-0.39, 0.29) is 12.4 Å². The number of carbonyl (C=O) groups excluding carboxylic acids is 3. The molecule has 0 amide bonds. The van der Waals surface area contributed by atoms with Crippen LogP contribution in [-0.4, -0.2) is 30.9 Å². The molecule has 134 valence electrons. The van der Waals surface area contributed by atoms with Crippen molar-refractivity contribution in [3.63, 3.8) is 0 Å². The molecule has 0 saturated heterocycles. The molecule has 26 heavy (non-hydrogen) atoms. The second-order valence-corrected chi connectivity index (χ2v) is 5.70. The Balaban J connectivity index is 2.01. The van der Waals surface area contributed by atoms with E-state index in [1.54, 1.807) is 50.2 Å². The highest BCUT2D eigenvalue weighted by Crippen LogP contribution is 2.17. The Hall–Kier alpha value is -3.17. The van der Waals surface area contributed by atoms with Crippen LogP contribution in [0.2, 0.25) is 0 Å². The van der Waals surface area contributed by atoms with Crippen LogP contribution in [-0.2, 0) is 20.7 Å². The van der Waals surface area contributed by atoms with Gasteiger partial charge in [0.2, 0.25) is 0 Å². The van der Waals surface area contributed by atoms with Crippen LogP contribution in [0.4, 0.5) is 0 Å². The minimum absolute atomic E-state index is 0.115. The molecular weight excluding hydrogens is 332 g/mol. The van der Waals surface area contributed by atoms with Gasteiger partial charge in [0, 0.05) is 23.1 Å². The molecule has 2 aromatic carbocycles. The zero-order chi connectivity index (χ0) is 18.9. The fourth-order valence-corrected chi connectivity index (χ4v) is 2.33. The molecule has 0 aliphatic heterocycles. The van der Waals surface area contributed by atoms with Crippen LogP contribution >= 0.6 is 0 Å². The summed E-state index contributed by atoms with van der Waals surface area (Å²) in [5.41, 5.74) is 2.64. The Kier molecular flexibility index (Phi) is 6.89. The molecule has 0 bridgehead atoms. The number of ether oxygens (including phenoxy) is 2. The van der Waals surface area contributed by atoms with Crippen LogP contribution in [0.1, 0.15) is 35.3 Å². The zero-order valence-corrected chi connectivity index (χ0v) is 14.8. The van der Waals surface area contributed by atoms with Crippen molar-refractivity contribution in [2.24, 2.45) is 0 Å². The maximum Gasteiger partial charge on any atom is 0.344 e. The zero-order valence-electron chi connectivity index (χ0n) is 14.8. The standard InChI is InChI=1S/C21H20O5/c1-3-25-20(23)14-26-19-10-8-18(9-11-19)21(24)17-6-4-16(5-7-17)12-15(2)13-22/h4-11H,3,12,14H2,1-2H3. The average Bonchev–Trinajstić information content (AvgIpc) is 2.67. The predicted octanol–water partition coefficient (Wildman–Crippen LogP) is 3.18. The van der Waals surface area contributed by atoms with Gasteiger partial charge in [0.1, 0.15) is 11.7 Å². The number of hydrogen-bond acceptors (Lipinski definition) is 5. The summed E-state index contributed by atoms with van der Waals surface area (Å²) in [6.07, 6.45) is 0.518. The summed E-state index contributed by atoms with van der Waals surface area (Å²) >= 11 is 0. The van der Waals surface area contributed by atoms with Crippen molar-refractivity contribution in [1.29, 1.82) is 0 Å². The van der Waals surface area contributed by atoms with Gasteiger partial charge in [0.05, 0.1) is 6.61 Å². The summed E-state index contributed by atoms with van der Waals surface area (Å²) in [5, 5.41) is 0. The van der Waals surface area contributed by atoms with Gasteiger partial charge in [-0.3, -0.25) is 4.79 Å². The Morgan fingerprint density at radius 2 is 1.54 bits per heavy atom. The molecule has 5 nitrogen and oxygen atoms in total. The highest BCUT2D eigenvalue weighted by atomic mass is 16.6. The minimum Gasteiger partial charge on any atom is -0.482 e. The van der Waals surface area contributed by atoms with Gasteiger partial charge in [-0.1, -0.05) is 24.3 Å². The smallest absolute Gasteiger partial charge is 0.344 e. The van der Waals surface area contributed by atoms with Gasteiger partial charge in [-0.2, -0.15) is 0 Å². The molecule has 2 rings (SSSR count). The first-order valence-corrected chi connectivity index (χ1v) is 8.26. The fourth-order valence-electron chi connectivity index (χ4n) is 2.33. The summed E-state index contributed by atoms with van der Waals surface area (Å²) in [5.74, 6) is 1.80. The average molecular weight is 352 g/mol. The lowest BCUT2D eigenvalue weighted by atomic mass is 10.00. The van der Waals surface area contributed by atoms with Gasteiger partial charge in [-0.05, 0) is 43.7 Å². The first-order chi connectivity index (χ1) is 12.5. The molecule has 0 N–H and O–H groups in total. The molecule has 0 aliphatic carbocycles. The van der Waals surface area contributed by atoms with Gasteiger partial charge in [-0.25, -0.2) is 9.59 Å². The molecule has 0 radical (unpaired) electrons. The van der Waals surface area contributed by atoms with E-state index in [1.165, 1.54) is 0 Å². The quantitative estimate of drug-likeness (QED) is 0.415. The molecule has 0 aliphatic rings. The van der Waals surface area contributed by atoms with E-state index in [0.717, 1.165) is 5.56 Å². The number of esters is 1. The monoisotopic (exact) mass is 352 g/mol. The summed E-state index contributed by atoms with van der Waals surface area (Å²) in [4.78, 5) is 34.3. The SMILES string of the molecule is CCOC(=O)COc1ccc(C(=O)c2ccc(CC(C)=C=O)cc2)cc1. The van der Waals surface area contributed by atoms with E-state index in [1.807, 2.05) is 18.1 Å². The lowest BCUT2D eigenvalue weighted by molar-refractivity contribution is -0.145. The number of ketones is 1. The topological polar surface area (TPSA) is 69.7 Å². The van der Waals surface area contributed by atoms with E-state index < -0.39 is 5.97 Å². The Morgan fingerprint density at radius 1 is 0.962 bits per heavy atom. The van der Waals surface area contributed by atoms with Crippen molar-refractivity contribution in [2.45, 2.75) is 20.3 Å². The molecule has 0 aromatic heterocycles. The largest absolute Gasteiger partial charge is 0.482 e. The summed E-state index contributed by atoms with van der Waals surface area (Å²) in [6, 6.07) is 13.7. The molecule has 2 aromatic rings. The number of hydrogen-bond donors (Lipinski definition) is 0. The van der Waals surface area contributed by atoms with Crippen LogP contribution in [0.3, 0.4) is 0 Å². The first-order valence-electron chi connectivity index (χ1n) is 8.26. The summed E-state index contributed by atoms with van der Waals surface area (Å²) in [7, 11) is 0. The first kappa shape index (κ1) is 19.2. The second kappa shape index (κ2) is 9.35. The van der Waals surface area contributed by atoms with Gasteiger partial charge in [0.25, 0.3) is 0 Å². The Morgan fingerprint density at radius 3 is 2.08 bits per heavy atom. The van der Waals surface area contributed by atoms with Crippen molar-refractivity contribution < 1.29 is 23.9 Å². The minimum atomic E-state index is -0.438. The molecule has 5 heteroatoms. The van der Waals surface area contributed by atoms with E-state index in [9.17, 15) is 14.4 Å². The van der Waals surface area contributed by atoms with Crippen LogP contribution in [0.25, 0.3) is 0 Å². The van der Waals surface area contributed by atoms with E-state index in [0.29, 0.717) is 35.5 Å². The van der Waals surface area contributed by atoms with Crippen molar-refractivity contribution in [3.05, 3.63) is 70.8 Å². The number of benzene rings is 2. The fraction of sp³-hybridized carbons (Fsp3) is 0.238.